The Hall–Kier alpha value is -2.71. The summed E-state index contributed by atoms with van der Waals surface area (Å²) in [4.78, 5) is 18.8. The third-order valence-electron chi connectivity index (χ3n) is 4.24. The molecule has 150 valence electrons. The fourth-order valence-corrected chi connectivity index (χ4v) is 4.38. The van der Waals surface area contributed by atoms with Gasteiger partial charge in [-0.25, -0.2) is 0 Å². The number of hydrogen-bond acceptors (Lipinski definition) is 7. The van der Waals surface area contributed by atoms with E-state index in [-0.39, 0.29) is 5.56 Å². The molecule has 3 heterocycles. The van der Waals surface area contributed by atoms with Crippen LogP contribution in [0.2, 0.25) is 0 Å². The summed E-state index contributed by atoms with van der Waals surface area (Å²) in [6, 6.07) is 9.61. The first-order valence-corrected chi connectivity index (χ1v) is 11.2. The maximum Gasteiger partial charge on any atom is 0.291 e. The van der Waals surface area contributed by atoms with E-state index in [0.717, 1.165) is 29.0 Å². The lowest BCUT2D eigenvalue weighted by molar-refractivity contribution is 0.272. The van der Waals surface area contributed by atoms with Gasteiger partial charge in [-0.2, -0.15) is 9.50 Å². The van der Waals surface area contributed by atoms with Gasteiger partial charge >= 0.3 is 0 Å². The van der Waals surface area contributed by atoms with Gasteiger partial charge < -0.3 is 9.47 Å². The summed E-state index contributed by atoms with van der Waals surface area (Å²) in [5.41, 5.74) is 0.706. The maximum atomic E-state index is 12.8. The van der Waals surface area contributed by atoms with Crippen molar-refractivity contribution in [3.05, 3.63) is 56.2 Å². The van der Waals surface area contributed by atoms with Gasteiger partial charge in [-0.3, -0.25) is 4.79 Å². The van der Waals surface area contributed by atoms with Crippen LogP contribution in [0.5, 0.6) is 11.5 Å². The Morgan fingerprint density at radius 1 is 1.17 bits per heavy atom. The Kier molecular flexibility index (Phi) is 5.92. The molecule has 0 unspecified atom stereocenters. The predicted octanol–water partition coefficient (Wildman–Crippen LogP) is 4.00. The molecule has 0 N–H and O–H groups in total. The van der Waals surface area contributed by atoms with Gasteiger partial charge in [0.2, 0.25) is 4.96 Å². The van der Waals surface area contributed by atoms with Gasteiger partial charge in [0.25, 0.3) is 5.56 Å². The summed E-state index contributed by atoms with van der Waals surface area (Å²) in [6.45, 7) is 5.27. The van der Waals surface area contributed by atoms with Crippen LogP contribution in [-0.2, 0) is 0 Å². The number of hydrogen-bond donors (Lipinski definition) is 0. The van der Waals surface area contributed by atoms with E-state index in [0.29, 0.717) is 34.3 Å². The average Bonchev–Trinajstić information content (AvgIpc) is 3.43. The molecular weight excluding hydrogens is 406 g/mol. The zero-order valence-corrected chi connectivity index (χ0v) is 17.9. The Balaban J connectivity index is 1.67. The van der Waals surface area contributed by atoms with Gasteiger partial charge in [0.15, 0.2) is 17.3 Å². The number of fused-ring (bicyclic) bond motifs is 1. The molecule has 0 aliphatic heterocycles. The molecule has 8 heteroatoms. The highest BCUT2D eigenvalue weighted by Gasteiger charge is 2.13. The molecule has 1 aromatic carbocycles. The van der Waals surface area contributed by atoms with E-state index in [1.807, 2.05) is 48.7 Å². The van der Waals surface area contributed by atoms with Crippen LogP contribution in [0.3, 0.4) is 0 Å². The number of benzene rings is 1. The number of nitrogens with zero attached hydrogens (tertiary/aromatic N) is 3. The minimum atomic E-state index is -0.165. The lowest BCUT2D eigenvalue weighted by Crippen LogP contribution is -2.23. The van der Waals surface area contributed by atoms with Crippen LogP contribution in [0, 0.1) is 0 Å². The van der Waals surface area contributed by atoms with Crippen molar-refractivity contribution < 1.29 is 9.47 Å². The third kappa shape index (κ3) is 4.18. The molecule has 0 spiro atoms. The molecule has 6 nitrogen and oxygen atoms in total. The first-order valence-electron chi connectivity index (χ1n) is 9.54. The van der Waals surface area contributed by atoms with Crippen LogP contribution in [0.25, 0.3) is 21.7 Å². The SMILES string of the molecule is CCCCOc1ccc(C=c2sc3nc(-c4cccs4)nn3c2=O)cc1OCC. The Labute approximate surface area is 176 Å². The molecule has 0 saturated heterocycles. The van der Waals surface area contributed by atoms with Crippen molar-refractivity contribution in [1.29, 1.82) is 0 Å². The van der Waals surface area contributed by atoms with Gasteiger partial charge in [0.05, 0.1) is 22.6 Å². The van der Waals surface area contributed by atoms with E-state index in [1.54, 1.807) is 11.3 Å². The van der Waals surface area contributed by atoms with E-state index in [1.165, 1.54) is 15.9 Å². The van der Waals surface area contributed by atoms with Crippen LogP contribution in [0.1, 0.15) is 32.3 Å². The average molecular weight is 428 g/mol. The van der Waals surface area contributed by atoms with Crippen LogP contribution < -0.4 is 19.6 Å². The lowest BCUT2D eigenvalue weighted by atomic mass is 10.2. The van der Waals surface area contributed by atoms with E-state index in [9.17, 15) is 4.79 Å². The van der Waals surface area contributed by atoms with E-state index < -0.39 is 0 Å². The first-order chi connectivity index (χ1) is 14.2. The Morgan fingerprint density at radius 2 is 2.07 bits per heavy atom. The minimum Gasteiger partial charge on any atom is -0.490 e. The zero-order chi connectivity index (χ0) is 20.2. The smallest absolute Gasteiger partial charge is 0.291 e. The summed E-state index contributed by atoms with van der Waals surface area (Å²) < 4.78 is 13.5. The van der Waals surface area contributed by atoms with Gasteiger partial charge in [0.1, 0.15) is 0 Å². The van der Waals surface area contributed by atoms with Crippen molar-refractivity contribution in [2.75, 3.05) is 13.2 Å². The first kappa shape index (κ1) is 19.6. The number of unbranched alkanes of at least 4 members (excludes halogenated alkanes) is 1. The molecule has 0 bridgehead atoms. The molecule has 3 aromatic heterocycles. The molecule has 0 saturated carbocycles. The molecule has 0 fully saturated rings. The van der Waals surface area contributed by atoms with E-state index in [2.05, 4.69) is 17.0 Å². The van der Waals surface area contributed by atoms with E-state index >= 15 is 0 Å². The van der Waals surface area contributed by atoms with Crippen LogP contribution in [-0.4, -0.2) is 27.8 Å². The number of thiazole rings is 1. The van der Waals surface area contributed by atoms with Crippen molar-refractivity contribution in [2.45, 2.75) is 26.7 Å². The topological polar surface area (TPSA) is 65.7 Å². The van der Waals surface area contributed by atoms with Gasteiger partial charge in [0, 0.05) is 0 Å². The van der Waals surface area contributed by atoms with E-state index in [4.69, 9.17) is 9.47 Å². The standard InChI is InChI=1S/C21H21N3O3S2/c1-3-5-10-27-15-9-8-14(12-16(15)26-4-2)13-18-20(25)24-21(29-18)22-19(23-24)17-7-6-11-28-17/h6-9,11-13H,3-5,10H2,1-2H3. The zero-order valence-electron chi connectivity index (χ0n) is 16.3. The molecule has 0 aliphatic rings. The lowest BCUT2D eigenvalue weighted by Gasteiger charge is -2.12. The minimum absolute atomic E-state index is 0.165. The van der Waals surface area contributed by atoms with Crippen molar-refractivity contribution in [2.24, 2.45) is 0 Å². The molecule has 0 atom stereocenters. The second-order valence-corrected chi connectivity index (χ2v) is 8.32. The molecule has 4 rings (SSSR count). The highest BCUT2D eigenvalue weighted by molar-refractivity contribution is 7.15. The number of rotatable bonds is 8. The van der Waals surface area contributed by atoms with Crippen molar-refractivity contribution in [1.82, 2.24) is 14.6 Å². The van der Waals surface area contributed by atoms with Gasteiger partial charge in [-0.15, -0.1) is 16.4 Å². The summed E-state index contributed by atoms with van der Waals surface area (Å²) >= 11 is 2.88. The third-order valence-corrected chi connectivity index (χ3v) is 6.07. The monoisotopic (exact) mass is 427 g/mol. The predicted molar refractivity (Wildman–Crippen MR) is 117 cm³/mol. The summed E-state index contributed by atoms with van der Waals surface area (Å²) in [7, 11) is 0. The Morgan fingerprint density at radius 3 is 2.79 bits per heavy atom. The highest BCUT2D eigenvalue weighted by Crippen LogP contribution is 2.29. The number of thiophene rings is 1. The van der Waals surface area contributed by atoms with Crippen LogP contribution in [0.15, 0.2) is 40.5 Å². The van der Waals surface area contributed by atoms with Crippen LogP contribution in [0.4, 0.5) is 0 Å². The van der Waals surface area contributed by atoms with Crippen molar-refractivity contribution in [3.63, 3.8) is 0 Å². The van der Waals surface area contributed by atoms with Crippen LogP contribution >= 0.6 is 22.7 Å². The number of ether oxygens (including phenoxy) is 2. The largest absolute Gasteiger partial charge is 0.490 e. The van der Waals surface area contributed by atoms with Crippen molar-refractivity contribution in [3.8, 4) is 22.2 Å². The summed E-state index contributed by atoms with van der Waals surface area (Å²) in [5, 5.41) is 6.33. The fraction of sp³-hybridized carbons (Fsp3) is 0.286. The molecule has 0 aliphatic carbocycles. The normalized spacial score (nSPS) is 12.0. The molecule has 0 amide bonds. The molecular formula is C21H21N3O3S2. The summed E-state index contributed by atoms with van der Waals surface area (Å²) in [5.74, 6) is 1.99. The molecule has 29 heavy (non-hydrogen) atoms. The maximum absolute atomic E-state index is 12.8. The quantitative estimate of drug-likeness (QED) is 0.398. The molecule has 4 aromatic rings. The second-order valence-electron chi connectivity index (χ2n) is 6.36. The second kappa shape index (κ2) is 8.75. The fourth-order valence-electron chi connectivity index (χ4n) is 2.82. The van der Waals surface area contributed by atoms with Crippen molar-refractivity contribution >= 4 is 33.7 Å². The number of aromatic nitrogens is 3. The van der Waals surface area contributed by atoms with Gasteiger partial charge in [-0.1, -0.05) is 36.8 Å². The molecule has 0 radical (unpaired) electrons. The highest BCUT2D eigenvalue weighted by atomic mass is 32.1. The summed E-state index contributed by atoms with van der Waals surface area (Å²) in [6.07, 6.45) is 3.91. The van der Waals surface area contributed by atoms with Gasteiger partial charge in [-0.05, 0) is 48.6 Å². The Bertz CT molecular complexity index is 1210.